The Hall–Kier alpha value is -1.23. The van der Waals surface area contributed by atoms with Crippen molar-refractivity contribution in [2.45, 2.75) is 6.42 Å². The fourth-order valence-corrected chi connectivity index (χ4v) is 3.11. The van der Waals surface area contributed by atoms with Crippen molar-refractivity contribution in [1.82, 2.24) is 10.2 Å². The monoisotopic (exact) mass is 336 g/mol. The molecule has 0 radical (unpaired) electrons. The number of halogens is 1. The minimum Gasteiger partial charge on any atom is -0.371 e. The summed E-state index contributed by atoms with van der Waals surface area (Å²) in [6, 6.07) is 8.61. The summed E-state index contributed by atoms with van der Waals surface area (Å²) >= 11 is 3.49. The summed E-state index contributed by atoms with van der Waals surface area (Å²) in [5, 5.41) is 3.50. The summed E-state index contributed by atoms with van der Waals surface area (Å²) < 4.78 is 1.14. The lowest BCUT2D eigenvalue weighted by Crippen LogP contribution is -2.38. The third-order valence-electron chi connectivity index (χ3n) is 4.09. The summed E-state index contributed by atoms with van der Waals surface area (Å²) in [5.41, 5.74) is 1.33. The molecule has 0 spiro atoms. The number of nitrogens with zero attached hydrogens (tertiary/aromatic N) is 3. The maximum Gasteiger partial charge on any atom is 0.193 e. The van der Waals surface area contributed by atoms with Crippen molar-refractivity contribution in [1.29, 1.82) is 0 Å². The predicted molar refractivity (Wildman–Crippen MR) is 87.4 cm³/mol. The molecule has 1 aromatic rings. The second-order valence-corrected chi connectivity index (χ2v) is 6.50. The van der Waals surface area contributed by atoms with Crippen LogP contribution in [0.1, 0.15) is 6.42 Å². The first-order valence-electron chi connectivity index (χ1n) is 7.22. The van der Waals surface area contributed by atoms with E-state index in [1.54, 1.807) is 0 Å². The summed E-state index contributed by atoms with van der Waals surface area (Å²) in [5.74, 6) is 1.77. The van der Waals surface area contributed by atoms with Crippen LogP contribution in [0.3, 0.4) is 0 Å². The predicted octanol–water partition coefficient (Wildman–Crippen LogP) is 2.17. The highest BCUT2D eigenvalue weighted by Gasteiger charge is 2.23. The van der Waals surface area contributed by atoms with E-state index in [2.05, 4.69) is 67.4 Å². The molecule has 0 saturated carbocycles. The van der Waals surface area contributed by atoms with Gasteiger partial charge in [-0.3, -0.25) is 4.99 Å². The van der Waals surface area contributed by atoms with E-state index >= 15 is 0 Å². The minimum absolute atomic E-state index is 0.704. The Kier molecular flexibility index (Phi) is 4.15. The van der Waals surface area contributed by atoms with E-state index in [0.29, 0.717) is 5.92 Å². The van der Waals surface area contributed by atoms with E-state index in [-0.39, 0.29) is 0 Å². The van der Waals surface area contributed by atoms with Gasteiger partial charge in [0.15, 0.2) is 5.96 Å². The van der Waals surface area contributed by atoms with Gasteiger partial charge in [0.2, 0.25) is 0 Å². The quantitative estimate of drug-likeness (QED) is 0.917. The van der Waals surface area contributed by atoms with Crippen molar-refractivity contribution in [3.63, 3.8) is 0 Å². The zero-order chi connectivity index (χ0) is 13.9. The number of anilines is 1. The molecular weight excluding hydrogens is 316 g/mol. The molecule has 4 nitrogen and oxygen atoms in total. The molecule has 3 rings (SSSR count). The topological polar surface area (TPSA) is 30.9 Å². The molecule has 0 aromatic heterocycles. The van der Waals surface area contributed by atoms with Crippen LogP contribution in [0, 0.1) is 5.92 Å². The van der Waals surface area contributed by atoms with Crippen LogP contribution in [-0.4, -0.2) is 50.6 Å². The van der Waals surface area contributed by atoms with Crippen LogP contribution in [0.2, 0.25) is 0 Å². The van der Waals surface area contributed by atoms with Crippen LogP contribution in [0.5, 0.6) is 0 Å². The van der Waals surface area contributed by atoms with Crippen molar-refractivity contribution in [2.75, 3.05) is 44.7 Å². The number of likely N-dealkylation sites (N-methyl/N-ethyl adjacent to an activating group) is 1. The Morgan fingerprint density at radius 3 is 2.80 bits per heavy atom. The lowest BCUT2D eigenvalue weighted by molar-refractivity contribution is 0.508. The molecule has 1 aromatic carbocycles. The van der Waals surface area contributed by atoms with Gasteiger partial charge in [-0.1, -0.05) is 15.9 Å². The van der Waals surface area contributed by atoms with Gasteiger partial charge >= 0.3 is 0 Å². The molecule has 0 amide bonds. The first kappa shape index (κ1) is 13.7. The summed E-state index contributed by atoms with van der Waals surface area (Å²) in [7, 11) is 2.10. The lowest BCUT2D eigenvalue weighted by Gasteiger charge is -2.20. The lowest BCUT2D eigenvalue weighted by atomic mass is 10.1. The fourth-order valence-electron chi connectivity index (χ4n) is 2.84. The number of hydrogen-bond donors (Lipinski definition) is 1. The van der Waals surface area contributed by atoms with Crippen LogP contribution in [-0.2, 0) is 0 Å². The molecule has 1 saturated heterocycles. The van der Waals surface area contributed by atoms with Crippen molar-refractivity contribution in [3.8, 4) is 0 Å². The van der Waals surface area contributed by atoms with Gasteiger partial charge in [0.1, 0.15) is 0 Å². The molecule has 1 atom stereocenters. The van der Waals surface area contributed by atoms with E-state index in [1.165, 1.54) is 12.1 Å². The van der Waals surface area contributed by atoms with E-state index in [9.17, 15) is 0 Å². The number of hydrogen-bond acceptors (Lipinski definition) is 4. The summed E-state index contributed by atoms with van der Waals surface area (Å²) in [6.07, 6.45) is 1.25. The minimum atomic E-state index is 0.704. The molecule has 108 valence electrons. The molecule has 5 heteroatoms. The molecule has 1 unspecified atom stereocenters. The maximum atomic E-state index is 4.48. The number of nitrogens with one attached hydrogen (secondary N) is 1. The maximum absolute atomic E-state index is 4.48. The number of guanidine groups is 1. The van der Waals surface area contributed by atoms with Gasteiger partial charge in [-0.15, -0.1) is 0 Å². The second kappa shape index (κ2) is 6.04. The van der Waals surface area contributed by atoms with Crippen molar-refractivity contribution >= 4 is 27.6 Å². The van der Waals surface area contributed by atoms with Crippen LogP contribution < -0.4 is 10.2 Å². The Bertz CT molecular complexity index is 485. The number of rotatable bonds is 3. The summed E-state index contributed by atoms with van der Waals surface area (Å²) in [4.78, 5) is 9.14. The van der Waals surface area contributed by atoms with Crippen molar-refractivity contribution in [3.05, 3.63) is 28.7 Å². The Morgan fingerprint density at radius 1 is 1.30 bits per heavy atom. The second-order valence-electron chi connectivity index (χ2n) is 5.58. The highest BCUT2D eigenvalue weighted by Crippen LogP contribution is 2.25. The largest absolute Gasteiger partial charge is 0.371 e. The van der Waals surface area contributed by atoms with Crippen LogP contribution >= 0.6 is 15.9 Å². The molecule has 2 aliphatic heterocycles. The summed E-state index contributed by atoms with van der Waals surface area (Å²) in [6.45, 7) is 5.27. The SMILES string of the molecule is CN1CCN=C1NCC1CCN(c2ccc(Br)cc2)C1. The van der Waals surface area contributed by atoms with E-state index in [1.807, 2.05) is 0 Å². The molecule has 20 heavy (non-hydrogen) atoms. The van der Waals surface area contributed by atoms with Gasteiger partial charge in [0, 0.05) is 43.4 Å². The number of benzene rings is 1. The van der Waals surface area contributed by atoms with Crippen molar-refractivity contribution in [2.24, 2.45) is 10.9 Å². The van der Waals surface area contributed by atoms with Gasteiger partial charge in [-0.2, -0.15) is 0 Å². The molecule has 1 fully saturated rings. The van der Waals surface area contributed by atoms with Crippen molar-refractivity contribution < 1.29 is 0 Å². The van der Waals surface area contributed by atoms with Crippen LogP contribution in [0.15, 0.2) is 33.7 Å². The van der Waals surface area contributed by atoms with E-state index in [4.69, 9.17) is 0 Å². The third-order valence-corrected chi connectivity index (χ3v) is 4.61. The fraction of sp³-hybridized carbons (Fsp3) is 0.533. The molecule has 1 N–H and O–H groups in total. The van der Waals surface area contributed by atoms with E-state index in [0.717, 1.165) is 43.2 Å². The molecule has 0 aliphatic carbocycles. The molecule has 2 aliphatic rings. The van der Waals surface area contributed by atoms with Gasteiger partial charge in [-0.05, 0) is 36.6 Å². The molecule has 0 bridgehead atoms. The van der Waals surface area contributed by atoms with E-state index < -0.39 is 0 Å². The first-order valence-corrected chi connectivity index (χ1v) is 8.01. The smallest absolute Gasteiger partial charge is 0.193 e. The average Bonchev–Trinajstić information content (AvgIpc) is 3.06. The van der Waals surface area contributed by atoms with Gasteiger partial charge < -0.3 is 15.1 Å². The molecule has 2 heterocycles. The van der Waals surface area contributed by atoms with Crippen LogP contribution in [0.4, 0.5) is 5.69 Å². The highest BCUT2D eigenvalue weighted by atomic mass is 79.9. The van der Waals surface area contributed by atoms with Crippen LogP contribution in [0.25, 0.3) is 0 Å². The number of aliphatic imine (C=N–C) groups is 1. The zero-order valence-electron chi connectivity index (χ0n) is 11.8. The van der Waals surface area contributed by atoms with Gasteiger partial charge in [0.05, 0.1) is 6.54 Å². The standard InChI is InChI=1S/C15H21BrN4/c1-19-9-7-17-15(19)18-10-12-6-8-20(11-12)14-4-2-13(16)3-5-14/h2-5,12H,6-11H2,1H3,(H,17,18). The third kappa shape index (κ3) is 3.08. The van der Waals surface area contributed by atoms with Gasteiger partial charge in [-0.25, -0.2) is 0 Å². The molecular formula is C15H21BrN4. The average molecular weight is 337 g/mol. The first-order chi connectivity index (χ1) is 9.72. The van der Waals surface area contributed by atoms with Gasteiger partial charge in [0.25, 0.3) is 0 Å². The normalized spacial score (nSPS) is 22.3. The highest BCUT2D eigenvalue weighted by molar-refractivity contribution is 9.10. The zero-order valence-corrected chi connectivity index (χ0v) is 13.4. The Balaban J connectivity index is 1.51. The Labute approximate surface area is 129 Å². The Morgan fingerprint density at radius 2 is 2.10 bits per heavy atom.